The number of aliphatic hydroxyl groups is 1. The van der Waals surface area contributed by atoms with Crippen LogP contribution < -0.4 is 10.9 Å². The Kier molecular flexibility index (Phi) is 4.56. The van der Waals surface area contributed by atoms with E-state index in [1.807, 2.05) is 0 Å². The van der Waals surface area contributed by atoms with Crippen molar-refractivity contribution in [1.82, 2.24) is 10.3 Å². The molecule has 0 unspecified atom stereocenters. The average molecular weight is 360 g/mol. The Morgan fingerprint density at radius 1 is 1.24 bits per heavy atom. The maximum atomic E-state index is 12.2. The molecule has 2 aromatic rings. The number of nitrogens with one attached hydrogen (secondary N) is 2. The van der Waals surface area contributed by atoms with Crippen LogP contribution in [0.25, 0.3) is 11.3 Å². The molecule has 0 aliphatic carbocycles. The van der Waals surface area contributed by atoms with Crippen LogP contribution in [0, 0.1) is 0 Å². The minimum atomic E-state index is -3.29. The third-order valence-corrected chi connectivity index (χ3v) is 5.27. The summed E-state index contributed by atoms with van der Waals surface area (Å²) in [5, 5.41) is 12.9. The number of hydrogen-bond donors (Lipinski definition) is 3. The van der Waals surface area contributed by atoms with Gasteiger partial charge in [0.15, 0.2) is 9.84 Å². The summed E-state index contributed by atoms with van der Waals surface area (Å²) in [5.41, 5.74) is 1.10. The second-order valence-electron chi connectivity index (χ2n) is 5.67. The summed E-state index contributed by atoms with van der Waals surface area (Å²) in [4.78, 5) is 27.1. The highest BCUT2D eigenvalue weighted by atomic mass is 32.2. The SMILES string of the molecule is O=C(N[C@@H]1C=CS(=O)(=O)C1)c1ccc(-c2ccccc2CO)[nH]c1=O. The Labute approximate surface area is 143 Å². The van der Waals surface area contributed by atoms with E-state index in [4.69, 9.17) is 0 Å². The molecule has 1 amide bonds. The van der Waals surface area contributed by atoms with Crippen molar-refractivity contribution in [3.05, 3.63) is 69.4 Å². The number of aromatic nitrogens is 1. The van der Waals surface area contributed by atoms with E-state index in [-0.39, 0.29) is 17.9 Å². The van der Waals surface area contributed by atoms with Crippen molar-refractivity contribution in [3.8, 4) is 11.3 Å². The van der Waals surface area contributed by atoms with Crippen LogP contribution in [0.2, 0.25) is 0 Å². The van der Waals surface area contributed by atoms with Gasteiger partial charge in [0.1, 0.15) is 5.56 Å². The van der Waals surface area contributed by atoms with Crippen LogP contribution in [-0.4, -0.2) is 36.2 Å². The van der Waals surface area contributed by atoms with Gasteiger partial charge in [0, 0.05) is 16.7 Å². The first-order valence-electron chi connectivity index (χ1n) is 7.54. The van der Waals surface area contributed by atoms with Crippen molar-refractivity contribution in [2.75, 3.05) is 5.75 Å². The minimum absolute atomic E-state index is 0.108. The third kappa shape index (κ3) is 3.70. The van der Waals surface area contributed by atoms with Gasteiger partial charge in [-0.3, -0.25) is 9.59 Å². The molecule has 7 nitrogen and oxygen atoms in total. The standard InChI is InChI=1S/C17H16N2O5S/c20-9-11-3-1-2-4-13(11)15-6-5-14(17(22)19-15)16(21)18-12-7-8-25(23,24)10-12/h1-8,12,20H,9-10H2,(H,18,21)(H,19,22)/t12-/m1/s1. The molecule has 1 aliphatic heterocycles. The summed E-state index contributed by atoms with van der Waals surface area (Å²) in [6, 6.07) is 9.35. The predicted molar refractivity (Wildman–Crippen MR) is 92.6 cm³/mol. The summed E-state index contributed by atoms with van der Waals surface area (Å²) in [6.07, 6.45) is 1.38. The Morgan fingerprint density at radius 3 is 2.64 bits per heavy atom. The number of amides is 1. The van der Waals surface area contributed by atoms with Crippen molar-refractivity contribution in [2.24, 2.45) is 0 Å². The molecular weight excluding hydrogens is 344 g/mol. The van der Waals surface area contributed by atoms with Crippen molar-refractivity contribution < 1.29 is 18.3 Å². The van der Waals surface area contributed by atoms with Gasteiger partial charge in [-0.15, -0.1) is 0 Å². The van der Waals surface area contributed by atoms with E-state index in [9.17, 15) is 23.1 Å². The highest BCUT2D eigenvalue weighted by Crippen LogP contribution is 2.21. The number of carbonyl (C=O) groups excluding carboxylic acids is 1. The zero-order valence-electron chi connectivity index (χ0n) is 13.1. The summed E-state index contributed by atoms with van der Waals surface area (Å²) in [5.74, 6) is -0.853. The molecule has 0 saturated heterocycles. The molecule has 25 heavy (non-hydrogen) atoms. The molecule has 0 spiro atoms. The lowest BCUT2D eigenvalue weighted by atomic mass is 10.0. The number of aromatic amines is 1. The number of aliphatic hydroxyl groups excluding tert-OH is 1. The molecule has 130 valence electrons. The largest absolute Gasteiger partial charge is 0.392 e. The van der Waals surface area contributed by atoms with Gasteiger partial charge >= 0.3 is 0 Å². The van der Waals surface area contributed by atoms with E-state index in [0.717, 1.165) is 5.41 Å². The number of benzene rings is 1. The lowest BCUT2D eigenvalue weighted by Gasteiger charge is -2.11. The minimum Gasteiger partial charge on any atom is -0.392 e. The van der Waals surface area contributed by atoms with Crippen LogP contribution in [-0.2, 0) is 16.4 Å². The topological polar surface area (TPSA) is 116 Å². The summed E-state index contributed by atoms with van der Waals surface area (Å²) in [6.45, 7) is -0.178. The Hall–Kier alpha value is -2.71. The quantitative estimate of drug-likeness (QED) is 0.737. The van der Waals surface area contributed by atoms with E-state index >= 15 is 0 Å². The monoisotopic (exact) mass is 360 g/mol. The highest BCUT2D eigenvalue weighted by molar-refractivity contribution is 7.94. The second kappa shape index (κ2) is 6.66. The maximum absolute atomic E-state index is 12.2. The highest BCUT2D eigenvalue weighted by Gasteiger charge is 2.24. The molecule has 1 aromatic carbocycles. The first-order chi connectivity index (χ1) is 11.9. The number of pyridine rings is 1. The van der Waals surface area contributed by atoms with Gasteiger partial charge in [0.05, 0.1) is 18.4 Å². The van der Waals surface area contributed by atoms with Crippen LogP contribution in [0.3, 0.4) is 0 Å². The van der Waals surface area contributed by atoms with Gasteiger partial charge in [0.2, 0.25) is 0 Å². The van der Waals surface area contributed by atoms with Crippen LogP contribution in [0.5, 0.6) is 0 Å². The Balaban J connectivity index is 1.84. The number of carbonyl (C=O) groups is 1. The molecule has 0 fully saturated rings. The average Bonchev–Trinajstić information content (AvgIpc) is 2.93. The van der Waals surface area contributed by atoms with Crippen molar-refractivity contribution in [3.63, 3.8) is 0 Å². The zero-order chi connectivity index (χ0) is 18.0. The fraction of sp³-hybridized carbons (Fsp3) is 0.176. The van der Waals surface area contributed by atoms with E-state index in [2.05, 4.69) is 10.3 Å². The number of H-pyrrole nitrogens is 1. The van der Waals surface area contributed by atoms with E-state index in [1.165, 1.54) is 12.1 Å². The van der Waals surface area contributed by atoms with Crippen LogP contribution in [0.15, 0.2) is 52.7 Å². The predicted octanol–water partition coefficient (Wildman–Crippen LogP) is 0.575. The van der Waals surface area contributed by atoms with E-state index in [1.54, 1.807) is 30.3 Å². The van der Waals surface area contributed by atoms with Gasteiger partial charge in [-0.25, -0.2) is 8.42 Å². The van der Waals surface area contributed by atoms with Gasteiger partial charge in [-0.05, 0) is 23.8 Å². The molecular formula is C17H16N2O5S. The Morgan fingerprint density at radius 2 is 2.00 bits per heavy atom. The number of sulfone groups is 1. The maximum Gasteiger partial charge on any atom is 0.261 e. The van der Waals surface area contributed by atoms with E-state index < -0.39 is 27.3 Å². The van der Waals surface area contributed by atoms with Gasteiger partial charge < -0.3 is 15.4 Å². The first-order valence-corrected chi connectivity index (χ1v) is 9.25. The number of hydrogen-bond acceptors (Lipinski definition) is 5. The third-order valence-electron chi connectivity index (χ3n) is 3.88. The van der Waals surface area contributed by atoms with Gasteiger partial charge in [0.25, 0.3) is 11.5 Å². The molecule has 0 saturated carbocycles. The summed E-state index contributed by atoms with van der Waals surface area (Å²) >= 11 is 0. The lowest BCUT2D eigenvalue weighted by Crippen LogP contribution is -2.38. The summed E-state index contributed by atoms with van der Waals surface area (Å²) < 4.78 is 22.7. The second-order valence-corrected chi connectivity index (χ2v) is 7.60. The fourth-order valence-electron chi connectivity index (χ4n) is 2.64. The van der Waals surface area contributed by atoms with Crippen molar-refractivity contribution in [1.29, 1.82) is 0 Å². The zero-order valence-corrected chi connectivity index (χ0v) is 13.9. The molecule has 1 atom stereocenters. The van der Waals surface area contributed by atoms with Crippen molar-refractivity contribution in [2.45, 2.75) is 12.6 Å². The molecule has 8 heteroatoms. The lowest BCUT2D eigenvalue weighted by molar-refractivity contribution is 0.0946. The van der Waals surface area contributed by atoms with Crippen LogP contribution in [0.4, 0.5) is 0 Å². The summed E-state index contributed by atoms with van der Waals surface area (Å²) in [7, 11) is -3.29. The van der Waals surface area contributed by atoms with Crippen LogP contribution >= 0.6 is 0 Å². The molecule has 0 bridgehead atoms. The molecule has 3 N–H and O–H groups in total. The molecule has 0 radical (unpaired) electrons. The Bertz CT molecular complexity index is 1010. The normalized spacial score (nSPS) is 18.2. The molecule has 3 rings (SSSR count). The van der Waals surface area contributed by atoms with Crippen LogP contribution in [0.1, 0.15) is 15.9 Å². The molecule has 1 aliphatic rings. The smallest absolute Gasteiger partial charge is 0.261 e. The molecule has 2 heterocycles. The van der Waals surface area contributed by atoms with Crippen molar-refractivity contribution >= 4 is 15.7 Å². The van der Waals surface area contributed by atoms with Gasteiger partial charge in [-0.2, -0.15) is 0 Å². The number of rotatable bonds is 4. The molecule has 1 aromatic heterocycles. The first kappa shape index (κ1) is 17.1. The van der Waals surface area contributed by atoms with E-state index in [0.29, 0.717) is 16.8 Å². The van der Waals surface area contributed by atoms with Gasteiger partial charge in [-0.1, -0.05) is 24.3 Å². The fourth-order valence-corrected chi connectivity index (χ4v) is 3.88.